The number of rotatable bonds is 2. The van der Waals surface area contributed by atoms with Gasteiger partial charge in [0, 0.05) is 37.4 Å². The standard InChI is InChI=1S/C18H19FN2O/c19-16-6-2-5-15-12-21(9-10-22-18(15)16)11-14-4-1-3-13-7-8-20-17(13)14/h1-6,20H,7-12H2. The molecule has 4 rings (SSSR count). The number of nitrogens with one attached hydrogen (secondary N) is 1. The van der Waals surface area contributed by atoms with Crippen LogP contribution >= 0.6 is 0 Å². The van der Waals surface area contributed by atoms with Gasteiger partial charge in [0.2, 0.25) is 0 Å². The Bertz CT molecular complexity index is 701. The van der Waals surface area contributed by atoms with Gasteiger partial charge in [0.05, 0.1) is 0 Å². The van der Waals surface area contributed by atoms with E-state index in [1.54, 1.807) is 6.07 Å². The van der Waals surface area contributed by atoms with Crippen LogP contribution in [0.5, 0.6) is 5.75 Å². The lowest BCUT2D eigenvalue weighted by atomic mass is 10.1. The summed E-state index contributed by atoms with van der Waals surface area (Å²) in [7, 11) is 0. The molecular weight excluding hydrogens is 279 g/mol. The van der Waals surface area contributed by atoms with E-state index in [0.29, 0.717) is 12.4 Å². The molecule has 2 aromatic rings. The molecule has 0 fully saturated rings. The molecule has 0 unspecified atom stereocenters. The molecule has 0 aromatic heterocycles. The summed E-state index contributed by atoms with van der Waals surface area (Å²) >= 11 is 0. The molecule has 0 bridgehead atoms. The quantitative estimate of drug-likeness (QED) is 0.921. The zero-order valence-corrected chi connectivity index (χ0v) is 12.4. The normalized spacial score (nSPS) is 17.1. The lowest BCUT2D eigenvalue weighted by molar-refractivity contribution is 0.217. The SMILES string of the molecule is Fc1cccc2c1OCCN(Cc1cccc3c1NCC3)C2. The van der Waals surface area contributed by atoms with Crippen LogP contribution in [-0.4, -0.2) is 24.6 Å². The van der Waals surface area contributed by atoms with Gasteiger partial charge in [-0.25, -0.2) is 4.39 Å². The monoisotopic (exact) mass is 298 g/mol. The molecule has 114 valence electrons. The van der Waals surface area contributed by atoms with Gasteiger partial charge in [0.25, 0.3) is 0 Å². The van der Waals surface area contributed by atoms with E-state index in [1.807, 2.05) is 6.07 Å². The van der Waals surface area contributed by atoms with Crippen LogP contribution in [-0.2, 0) is 19.5 Å². The molecular formula is C18H19FN2O. The van der Waals surface area contributed by atoms with Crippen LogP contribution in [0.1, 0.15) is 16.7 Å². The van der Waals surface area contributed by atoms with Crippen LogP contribution in [0.25, 0.3) is 0 Å². The van der Waals surface area contributed by atoms with E-state index >= 15 is 0 Å². The summed E-state index contributed by atoms with van der Waals surface area (Å²) < 4.78 is 19.4. The van der Waals surface area contributed by atoms with E-state index in [2.05, 4.69) is 28.4 Å². The van der Waals surface area contributed by atoms with E-state index in [1.165, 1.54) is 22.9 Å². The highest BCUT2D eigenvalue weighted by Crippen LogP contribution is 2.30. The molecule has 2 heterocycles. The van der Waals surface area contributed by atoms with Crippen LogP contribution in [0.2, 0.25) is 0 Å². The van der Waals surface area contributed by atoms with E-state index in [0.717, 1.165) is 38.2 Å². The van der Waals surface area contributed by atoms with Gasteiger partial charge in [-0.05, 0) is 23.6 Å². The Morgan fingerprint density at radius 1 is 1.14 bits per heavy atom. The van der Waals surface area contributed by atoms with E-state index in [9.17, 15) is 4.39 Å². The van der Waals surface area contributed by atoms with Crippen LogP contribution in [0.15, 0.2) is 36.4 Å². The second kappa shape index (κ2) is 5.61. The van der Waals surface area contributed by atoms with Crippen molar-refractivity contribution in [1.29, 1.82) is 0 Å². The molecule has 0 saturated heterocycles. The molecule has 2 aromatic carbocycles. The summed E-state index contributed by atoms with van der Waals surface area (Å²) in [6.45, 7) is 3.92. The fraction of sp³-hybridized carbons (Fsp3) is 0.333. The van der Waals surface area contributed by atoms with Gasteiger partial charge in [-0.3, -0.25) is 4.90 Å². The fourth-order valence-corrected chi connectivity index (χ4v) is 3.35. The number of hydrogen-bond donors (Lipinski definition) is 1. The highest BCUT2D eigenvalue weighted by atomic mass is 19.1. The predicted molar refractivity (Wildman–Crippen MR) is 84.6 cm³/mol. The minimum absolute atomic E-state index is 0.262. The van der Waals surface area contributed by atoms with Gasteiger partial charge in [-0.1, -0.05) is 30.3 Å². The average molecular weight is 298 g/mol. The van der Waals surface area contributed by atoms with Crippen molar-refractivity contribution in [3.05, 3.63) is 58.9 Å². The van der Waals surface area contributed by atoms with Crippen LogP contribution in [0, 0.1) is 5.82 Å². The van der Waals surface area contributed by atoms with Gasteiger partial charge < -0.3 is 10.1 Å². The Hall–Kier alpha value is -2.07. The Labute approximate surface area is 129 Å². The van der Waals surface area contributed by atoms with Crippen molar-refractivity contribution in [2.75, 3.05) is 25.0 Å². The number of benzene rings is 2. The van der Waals surface area contributed by atoms with Crippen molar-refractivity contribution < 1.29 is 9.13 Å². The molecule has 4 heteroatoms. The molecule has 0 saturated carbocycles. The average Bonchev–Trinajstić information content (AvgIpc) is 2.90. The molecule has 0 radical (unpaired) electrons. The Balaban J connectivity index is 1.58. The number of ether oxygens (including phenoxy) is 1. The first-order valence-electron chi connectivity index (χ1n) is 7.78. The van der Waals surface area contributed by atoms with Gasteiger partial charge in [0.1, 0.15) is 6.61 Å². The van der Waals surface area contributed by atoms with E-state index < -0.39 is 0 Å². The van der Waals surface area contributed by atoms with Gasteiger partial charge in [-0.15, -0.1) is 0 Å². The lowest BCUT2D eigenvalue weighted by Gasteiger charge is -2.21. The Morgan fingerprint density at radius 2 is 2.00 bits per heavy atom. The number of para-hydroxylation sites is 2. The summed E-state index contributed by atoms with van der Waals surface area (Å²) in [4.78, 5) is 2.32. The zero-order chi connectivity index (χ0) is 14.9. The van der Waals surface area contributed by atoms with Crippen molar-refractivity contribution in [1.82, 2.24) is 4.90 Å². The maximum atomic E-state index is 13.8. The number of hydrogen-bond acceptors (Lipinski definition) is 3. The van der Waals surface area contributed by atoms with Crippen LogP contribution in [0.4, 0.5) is 10.1 Å². The van der Waals surface area contributed by atoms with Gasteiger partial charge in [0.15, 0.2) is 11.6 Å². The Morgan fingerprint density at radius 3 is 2.95 bits per heavy atom. The predicted octanol–water partition coefficient (Wildman–Crippen LogP) is 3.19. The molecule has 0 atom stereocenters. The molecule has 1 N–H and O–H groups in total. The first kappa shape index (κ1) is 13.6. The van der Waals surface area contributed by atoms with E-state index in [4.69, 9.17) is 4.74 Å². The molecule has 0 aliphatic carbocycles. The maximum absolute atomic E-state index is 13.8. The summed E-state index contributed by atoms with van der Waals surface area (Å²) in [6.07, 6.45) is 1.10. The Kier molecular flexibility index (Phi) is 3.47. The first-order valence-corrected chi connectivity index (χ1v) is 7.78. The summed E-state index contributed by atoms with van der Waals surface area (Å²) in [6, 6.07) is 11.7. The van der Waals surface area contributed by atoms with Crippen molar-refractivity contribution in [2.45, 2.75) is 19.5 Å². The highest BCUT2D eigenvalue weighted by Gasteiger charge is 2.20. The molecule has 2 aliphatic rings. The second-order valence-electron chi connectivity index (χ2n) is 5.92. The van der Waals surface area contributed by atoms with Crippen molar-refractivity contribution >= 4 is 5.69 Å². The number of nitrogens with zero attached hydrogens (tertiary/aromatic N) is 1. The number of anilines is 1. The molecule has 0 amide bonds. The zero-order valence-electron chi connectivity index (χ0n) is 12.4. The largest absolute Gasteiger partial charge is 0.489 e. The first-order chi connectivity index (χ1) is 10.8. The number of halogens is 1. The third-order valence-electron chi connectivity index (χ3n) is 4.42. The topological polar surface area (TPSA) is 24.5 Å². The van der Waals surface area contributed by atoms with Gasteiger partial charge in [-0.2, -0.15) is 0 Å². The third kappa shape index (κ3) is 2.44. The van der Waals surface area contributed by atoms with E-state index in [-0.39, 0.29) is 5.82 Å². The van der Waals surface area contributed by atoms with Gasteiger partial charge >= 0.3 is 0 Å². The molecule has 3 nitrogen and oxygen atoms in total. The second-order valence-corrected chi connectivity index (χ2v) is 5.92. The summed E-state index contributed by atoms with van der Waals surface area (Å²) in [5.41, 5.74) is 4.93. The fourth-order valence-electron chi connectivity index (χ4n) is 3.35. The lowest BCUT2D eigenvalue weighted by Crippen LogP contribution is -2.25. The third-order valence-corrected chi connectivity index (χ3v) is 4.42. The maximum Gasteiger partial charge on any atom is 0.165 e. The van der Waals surface area contributed by atoms with Crippen LogP contribution < -0.4 is 10.1 Å². The minimum Gasteiger partial charge on any atom is -0.489 e. The smallest absolute Gasteiger partial charge is 0.165 e. The number of fused-ring (bicyclic) bond motifs is 2. The molecule has 22 heavy (non-hydrogen) atoms. The molecule has 2 aliphatic heterocycles. The molecule has 0 spiro atoms. The van der Waals surface area contributed by atoms with Crippen LogP contribution in [0.3, 0.4) is 0 Å². The van der Waals surface area contributed by atoms with Crippen molar-refractivity contribution in [3.63, 3.8) is 0 Å². The highest BCUT2D eigenvalue weighted by molar-refractivity contribution is 5.61. The van der Waals surface area contributed by atoms with Crippen molar-refractivity contribution in [3.8, 4) is 5.75 Å². The minimum atomic E-state index is -0.262. The summed E-state index contributed by atoms with van der Waals surface area (Å²) in [5.74, 6) is 0.156. The summed E-state index contributed by atoms with van der Waals surface area (Å²) in [5, 5.41) is 3.48. The van der Waals surface area contributed by atoms with Crippen molar-refractivity contribution in [2.24, 2.45) is 0 Å².